The summed E-state index contributed by atoms with van der Waals surface area (Å²) in [6.07, 6.45) is 2.73. The summed E-state index contributed by atoms with van der Waals surface area (Å²) in [5, 5.41) is 12.5. The number of carbonyl (C=O) groups excluding carboxylic acids is 1. The lowest BCUT2D eigenvalue weighted by atomic mass is 9.97. The van der Waals surface area contributed by atoms with Gasteiger partial charge in [-0.3, -0.25) is 4.79 Å². The number of carbonyl (C=O) groups is 1. The Labute approximate surface area is 113 Å². The van der Waals surface area contributed by atoms with Gasteiger partial charge in [0.15, 0.2) is 0 Å². The molecule has 19 heavy (non-hydrogen) atoms. The van der Waals surface area contributed by atoms with Gasteiger partial charge >= 0.3 is 0 Å². The van der Waals surface area contributed by atoms with Crippen LogP contribution in [0.5, 0.6) is 0 Å². The van der Waals surface area contributed by atoms with Gasteiger partial charge in [-0.2, -0.15) is 0 Å². The summed E-state index contributed by atoms with van der Waals surface area (Å²) in [6.45, 7) is 1.67. The van der Waals surface area contributed by atoms with E-state index in [9.17, 15) is 4.79 Å². The molecule has 1 fully saturated rings. The van der Waals surface area contributed by atoms with Crippen LogP contribution in [0.1, 0.15) is 18.4 Å². The quantitative estimate of drug-likeness (QED) is 0.841. The maximum absolute atomic E-state index is 12.5. The molecule has 1 amide bonds. The largest absolute Gasteiger partial charge is 0.396 e. The number of nitrogens with one attached hydrogen (secondary N) is 1. The Morgan fingerprint density at radius 3 is 3.00 bits per heavy atom. The first-order chi connectivity index (χ1) is 9.28. The summed E-state index contributed by atoms with van der Waals surface area (Å²) in [6, 6.07) is 8.08. The van der Waals surface area contributed by atoms with Crippen LogP contribution in [-0.2, 0) is 11.2 Å². The molecule has 1 saturated heterocycles. The molecule has 4 nitrogen and oxygen atoms in total. The number of aryl methyl sites for hydroxylation is 1. The van der Waals surface area contributed by atoms with E-state index in [1.54, 1.807) is 0 Å². The topological polar surface area (TPSA) is 52.6 Å². The second kappa shape index (κ2) is 5.21. The second-order valence-electron chi connectivity index (χ2n) is 5.51. The van der Waals surface area contributed by atoms with Crippen molar-refractivity contribution in [2.75, 3.05) is 25.0 Å². The first-order valence-electron chi connectivity index (χ1n) is 7.02. The molecule has 2 aliphatic heterocycles. The van der Waals surface area contributed by atoms with E-state index in [1.807, 2.05) is 23.1 Å². The van der Waals surface area contributed by atoms with Crippen molar-refractivity contribution in [3.63, 3.8) is 0 Å². The number of aliphatic hydroxyl groups excluding tert-OH is 1. The van der Waals surface area contributed by atoms with Gasteiger partial charge in [0.25, 0.3) is 0 Å². The molecule has 2 aliphatic rings. The maximum Gasteiger partial charge on any atom is 0.245 e. The Morgan fingerprint density at radius 2 is 2.21 bits per heavy atom. The smallest absolute Gasteiger partial charge is 0.245 e. The van der Waals surface area contributed by atoms with Crippen LogP contribution in [0.4, 0.5) is 5.69 Å². The van der Waals surface area contributed by atoms with Crippen molar-refractivity contribution in [3.05, 3.63) is 29.8 Å². The summed E-state index contributed by atoms with van der Waals surface area (Å²) in [5.74, 6) is 0.449. The van der Waals surface area contributed by atoms with Crippen molar-refractivity contribution in [1.82, 2.24) is 4.90 Å². The Bertz CT molecular complexity index is 475. The molecule has 2 heterocycles. The Balaban J connectivity index is 1.66. The third-order valence-electron chi connectivity index (χ3n) is 4.20. The maximum atomic E-state index is 12.5. The summed E-state index contributed by atoms with van der Waals surface area (Å²) in [4.78, 5) is 14.3. The van der Waals surface area contributed by atoms with Gasteiger partial charge in [-0.25, -0.2) is 0 Å². The lowest BCUT2D eigenvalue weighted by Gasteiger charge is -2.29. The molecule has 0 aromatic heterocycles. The first kappa shape index (κ1) is 12.5. The predicted octanol–water partition coefficient (Wildman–Crippen LogP) is 1.25. The van der Waals surface area contributed by atoms with E-state index in [2.05, 4.69) is 11.4 Å². The number of hydrogen-bond donors (Lipinski definition) is 2. The molecule has 2 N–H and O–H groups in total. The molecular formula is C15H20N2O2. The van der Waals surface area contributed by atoms with Gasteiger partial charge in [0.2, 0.25) is 5.91 Å². The van der Waals surface area contributed by atoms with Crippen molar-refractivity contribution in [2.24, 2.45) is 5.92 Å². The predicted molar refractivity (Wildman–Crippen MR) is 73.9 cm³/mol. The van der Waals surface area contributed by atoms with E-state index in [0.29, 0.717) is 6.54 Å². The number of benzene rings is 1. The fourth-order valence-corrected chi connectivity index (χ4v) is 3.03. The summed E-state index contributed by atoms with van der Waals surface area (Å²) in [5.41, 5.74) is 2.38. The minimum absolute atomic E-state index is 0.104. The van der Waals surface area contributed by atoms with Gasteiger partial charge in [-0.1, -0.05) is 18.2 Å². The summed E-state index contributed by atoms with van der Waals surface area (Å²) < 4.78 is 0. The highest BCUT2D eigenvalue weighted by Crippen LogP contribution is 2.26. The van der Waals surface area contributed by atoms with E-state index >= 15 is 0 Å². The Kier molecular flexibility index (Phi) is 3.42. The van der Waals surface area contributed by atoms with Crippen molar-refractivity contribution in [2.45, 2.75) is 25.3 Å². The molecule has 102 valence electrons. The lowest BCUT2D eigenvalue weighted by molar-refractivity contribution is -0.131. The zero-order valence-corrected chi connectivity index (χ0v) is 11.0. The highest BCUT2D eigenvalue weighted by Gasteiger charge is 2.32. The van der Waals surface area contributed by atoms with Gasteiger partial charge in [-0.05, 0) is 30.9 Å². The average Bonchev–Trinajstić information content (AvgIpc) is 2.95. The number of fused-ring (bicyclic) bond motifs is 1. The molecule has 0 spiro atoms. The highest BCUT2D eigenvalue weighted by molar-refractivity contribution is 5.86. The SMILES string of the molecule is O=C(C1CCc2ccccc2N1)N1CCC(CO)C1. The van der Waals surface area contributed by atoms with Gasteiger partial charge < -0.3 is 15.3 Å². The summed E-state index contributed by atoms with van der Waals surface area (Å²) >= 11 is 0. The molecule has 2 atom stereocenters. The highest BCUT2D eigenvalue weighted by atomic mass is 16.3. The fourth-order valence-electron chi connectivity index (χ4n) is 3.03. The number of nitrogens with zero attached hydrogens (tertiary/aromatic N) is 1. The zero-order chi connectivity index (χ0) is 13.2. The second-order valence-corrected chi connectivity index (χ2v) is 5.51. The van der Waals surface area contributed by atoms with Crippen LogP contribution < -0.4 is 5.32 Å². The number of likely N-dealkylation sites (tertiary alicyclic amines) is 1. The van der Waals surface area contributed by atoms with Gasteiger partial charge in [0.05, 0.1) is 0 Å². The van der Waals surface area contributed by atoms with Crippen LogP contribution in [0.3, 0.4) is 0 Å². The van der Waals surface area contributed by atoms with E-state index in [0.717, 1.165) is 31.5 Å². The third-order valence-corrected chi connectivity index (χ3v) is 4.20. The van der Waals surface area contributed by atoms with Crippen LogP contribution in [0, 0.1) is 5.92 Å². The van der Waals surface area contributed by atoms with Gasteiger partial charge in [-0.15, -0.1) is 0 Å². The van der Waals surface area contributed by atoms with Gasteiger partial charge in [0.1, 0.15) is 6.04 Å². The number of aliphatic hydroxyl groups is 1. The van der Waals surface area contributed by atoms with Crippen molar-refractivity contribution in [3.8, 4) is 0 Å². The molecule has 0 bridgehead atoms. The van der Waals surface area contributed by atoms with Gasteiger partial charge in [0, 0.05) is 31.3 Å². The van der Waals surface area contributed by atoms with Crippen LogP contribution in [0.2, 0.25) is 0 Å². The van der Waals surface area contributed by atoms with E-state index in [-0.39, 0.29) is 24.5 Å². The molecule has 3 rings (SSSR count). The number of rotatable bonds is 2. The van der Waals surface area contributed by atoms with Crippen LogP contribution in [-0.4, -0.2) is 41.7 Å². The van der Waals surface area contributed by atoms with Crippen molar-refractivity contribution < 1.29 is 9.90 Å². The lowest BCUT2D eigenvalue weighted by Crippen LogP contribution is -2.43. The molecular weight excluding hydrogens is 240 g/mol. The molecule has 0 aliphatic carbocycles. The number of hydrogen-bond acceptors (Lipinski definition) is 3. The Morgan fingerprint density at radius 1 is 1.37 bits per heavy atom. The standard InChI is InChI=1S/C15H20N2O2/c18-10-11-7-8-17(9-11)15(19)14-6-5-12-3-1-2-4-13(12)16-14/h1-4,11,14,16,18H,5-10H2. The molecule has 1 aromatic rings. The normalized spacial score (nSPS) is 25.8. The molecule has 4 heteroatoms. The first-order valence-corrected chi connectivity index (χ1v) is 7.02. The molecule has 2 unspecified atom stereocenters. The Hall–Kier alpha value is -1.55. The minimum Gasteiger partial charge on any atom is -0.396 e. The van der Waals surface area contributed by atoms with E-state index < -0.39 is 0 Å². The number of anilines is 1. The minimum atomic E-state index is -0.104. The third kappa shape index (κ3) is 2.45. The van der Waals surface area contributed by atoms with Crippen molar-refractivity contribution in [1.29, 1.82) is 0 Å². The number of amides is 1. The van der Waals surface area contributed by atoms with Crippen LogP contribution >= 0.6 is 0 Å². The van der Waals surface area contributed by atoms with E-state index in [4.69, 9.17) is 5.11 Å². The average molecular weight is 260 g/mol. The number of para-hydroxylation sites is 1. The monoisotopic (exact) mass is 260 g/mol. The van der Waals surface area contributed by atoms with Crippen LogP contribution in [0.15, 0.2) is 24.3 Å². The molecule has 0 radical (unpaired) electrons. The zero-order valence-electron chi connectivity index (χ0n) is 11.0. The fraction of sp³-hybridized carbons (Fsp3) is 0.533. The summed E-state index contributed by atoms with van der Waals surface area (Å²) in [7, 11) is 0. The molecule has 0 saturated carbocycles. The van der Waals surface area contributed by atoms with Crippen molar-refractivity contribution >= 4 is 11.6 Å². The van der Waals surface area contributed by atoms with E-state index in [1.165, 1.54) is 5.56 Å². The van der Waals surface area contributed by atoms with Crippen LogP contribution in [0.25, 0.3) is 0 Å². The molecule has 1 aromatic carbocycles.